The molecule has 0 aliphatic heterocycles. The number of likely N-dealkylation sites (N-methyl/N-ethyl adjacent to an activating group) is 1. The standard InChI is InChI=1S/C23H31N3O3/c1-5-26(22(28)13-25-21(27)12-24)14-20-10-17(3)23(18(4)11-20)29-15-19-8-6-7-16(2)9-19/h6-11H,5,12-15,24H2,1-4H3,(H,25,27). The van der Waals surface area contributed by atoms with Gasteiger partial charge in [0.15, 0.2) is 0 Å². The number of amides is 2. The average molecular weight is 398 g/mol. The minimum Gasteiger partial charge on any atom is -0.488 e. The van der Waals surface area contributed by atoms with E-state index in [4.69, 9.17) is 10.5 Å². The molecule has 0 saturated carbocycles. The smallest absolute Gasteiger partial charge is 0.242 e. The Kier molecular flexibility index (Phi) is 8.21. The Morgan fingerprint density at radius 2 is 1.76 bits per heavy atom. The van der Waals surface area contributed by atoms with E-state index in [0.717, 1.165) is 28.0 Å². The fraction of sp³-hybridized carbons (Fsp3) is 0.391. The number of nitrogens with two attached hydrogens (primary N) is 1. The van der Waals surface area contributed by atoms with Crippen molar-refractivity contribution in [1.29, 1.82) is 0 Å². The molecule has 6 heteroatoms. The van der Waals surface area contributed by atoms with Crippen molar-refractivity contribution in [3.8, 4) is 5.75 Å². The quantitative estimate of drug-likeness (QED) is 0.681. The van der Waals surface area contributed by atoms with Gasteiger partial charge in [0.05, 0.1) is 13.1 Å². The van der Waals surface area contributed by atoms with Crippen LogP contribution >= 0.6 is 0 Å². The van der Waals surface area contributed by atoms with Crippen LogP contribution in [0.4, 0.5) is 0 Å². The van der Waals surface area contributed by atoms with Gasteiger partial charge in [-0.05, 0) is 49.9 Å². The van der Waals surface area contributed by atoms with Gasteiger partial charge in [0, 0.05) is 13.1 Å². The number of nitrogens with one attached hydrogen (secondary N) is 1. The lowest BCUT2D eigenvalue weighted by Gasteiger charge is -2.22. The first kappa shape index (κ1) is 22.4. The molecule has 0 radical (unpaired) electrons. The number of ether oxygens (including phenoxy) is 1. The predicted octanol–water partition coefficient (Wildman–Crippen LogP) is 2.61. The van der Waals surface area contributed by atoms with Crippen molar-refractivity contribution in [2.75, 3.05) is 19.6 Å². The monoisotopic (exact) mass is 397 g/mol. The topological polar surface area (TPSA) is 84.7 Å². The van der Waals surface area contributed by atoms with E-state index < -0.39 is 0 Å². The van der Waals surface area contributed by atoms with Gasteiger partial charge in [-0.3, -0.25) is 9.59 Å². The molecule has 0 unspecified atom stereocenters. The summed E-state index contributed by atoms with van der Waals surface area (Å²) in [6.07, 6.45) is 0. The number of hydrogen-bond donors (Lipinski definition) is 2. The largest absolute Gasteiger partial charge is 0.488 e. The maximum atomic E-state index is 12.4. The Labute approximate surface area is 173 Å². The number of aryl methyl sites for hydroxylation is 3. The van der Waals surface area contributed by atoms with Gasteiger partial charge in [-0.2, -0.15) is 0 Å². The molecule has 6 nitrogen and oxygen atoms in total. The van der Waals surface area contributed by atoms with Crippen molar-refractivity contribution in [2.24, 2.45) is 5.73 Å². The molecule has 0 atom stereocenters. The summed E-state index contributed by atoms with van der Waals surface area (Å²) in [5.74, 6) is 0.403. The molecule has 2 aromatic rings. The van der Waals surface area contributed by atoms with Crippen LogP contribution < -0.4 is 15.8 Å². The minimum atomic E-state index is -0.337. The number of benzene rings is 2. The molecule has 156 valence electrons. The minimum absolute atomic E-state index is 0.0421. The normalized spacial score (nSPS) is 10.5. The zero-order chi connectivity index (χ0) is 21.4. The van der Waals surface area contributed by atoms with Crippen molar-refractivity contribution in [1.82, 2.24) is 10.2 Å². The Hall–Kier alpha value is -2.86. The second kappa shape index (κ2) is 10.6. The van der Waals surface area contributed by atoms with E-state index in [2.05, 4.69) is 30.4 Å². The zero-order valence-corrected chi connectivity index (χ0v) is 17.7. The molecule has 0 aliphatic carbocycles. The molecule has 0 saturated heterocycles. The van der Waals surface area contributed by atoms with Crippen molar-refractivity contribution < 1.29 is 14.3 Å². The third kappa shape index (κ3) is 6.61. The number of hydrogen-bond acceptors (Lipinski definition) is 4. The molecule has 29 heavy (non-hydrogen) atoms. The highest BCUT2D eigenvalue weighted by molar-refractivity contribution is 5.85. The van der Waals surface area contributed by atoms with Gasteiger partial charge in [0.1, 0.15) is 12.4 Å². The average Bonchev–Trinajstić information content (AvgIpc) is 2.69. The molecule has 0 bridgehead atoms. The third-order valence-corrected chi connectivity index (χ3v) is 4.72. The van der Waals surface area contributed by atoms with Crippen LogP contribution in [0.5, 0.6) is 5.75 Å². The number of carbonyl (C=O) groups excluding carboxylic acids is 2. The first-order valence-corrected chi connectivity index (χ1v) is 9.87. The third-order valence-electron chi connectivity index (χ3n) is 4.72. The molecule has 0 fully saturated rings. The van der Waals surface area contributed by atoms with Crippen LogP contribution in [0.15, 0.2) is 36.4 Å². The van der Waals surface area contributed by atoms with E-state index in [1.165, 1.54) is 5.56 Å². The Morgan fingerprint density at radius 1 is 1.07 bits per heavy atom. The summed E-state index contributed by atoms with van der Waals surface area (Å²) in [7, 11) is 0. The Bertz CT molecular complexity index is 841. The van der Waals surface area contributed by atoms with Crippen molar-refractivity contribution in [2.45, 2.75) is 40.8 Å². The van der Waals surface area contributed by atoms with Crippen molar-refractivity contribution in [3.05, 3.63) is 64.2 Å². The number of carbonyl (C=O) groups is 2. The summed E-state index contributed by atoms with van der Waals surface area (Å²) in [6, 6.07) is 12.4. The molecule has 2 rings (SSSR count). The summed E-state index contributed by atoms with van der Waals surface area (Å²) >= 11 is 0. The van der Waals surface area contributed by atoms with E-state index in [9.17, 15) is 9.59 Å². The lowest BCUT2D eigenvalue weighted by molar-refractivity contribution is -0.132. The number of nitrogens with zero attached hydrogens (tertiary/aromatic N) is 1. The maximum Gasteiger partial charge on any atom is 0.242 e. The molecule has 0 spiro atoms. The molecule has 0 heterocycles. The van der Waals surface area contributed by atoms with Crippen LogP contribution in [0.25, 0.3) is 0 Å². The van der Waals surface area contributed by atoms with E-state index in [1.807, 2.05) is 39.0 Å². The second-order valence-electron chi connectivity index (χ2n) is 7.23. The van der Waals surface area contributed by atoms with Crippen LogP contribution in [0.3, 0.4) is 0 Å². The molecular weight excluding hydrogens is 366 g/mol. The number of rotatable bonds is 9. The van der Waals surface area contributed by atoms with E-state index in [0.29, 0.717) is 19.7 Å². The van der Waals surface area contributed by atoms with Crippen LogP contribution in [0.2, 0.25) is 0 Å². The zero-order valence-electron chi connectivity index (χ0n) is 17.7. The summed E-state index contributed by atoms with van der Waals surface area (Å²) < 4.78 is 6.08. The molecule has 3 N–H and O–H groups in total. The summed E-state index contributed by atoms with van der Waals surface area (Å²) in [5.41, 5.74) is 10.7. The molecule has 0 aliphatic rings. The fourth-order valence-corrected chi connectivity index (χ4v) is 3.27. The van der Waals surface area contributed by atoms with E-state index in [-0.39, 0.29) is 24.9 Å². The van der Waals surface area contributed by atoms with Gasteiger partial charge < -0.3 is 20.7 Å². The Balaban J connectivity index is 2.05. The molecule has 2 amide bonds. The van der Waals surface area contributed by atoms with Gasteiger partial charge in [-0.25, -0.2) is 0 Å². The Morgan fingerprint density at radius 3 is 2.34 bits per heavy atom. The van der Waals surface area contributed by atoms with Crippen molar-refractivity contribution in [3.63, 3.8) is 0 Å². The van der Waals surface area contributed by atoms with Crippen LogP contribution in [-0.4, -0.2) is 36.3 Å². The van der Waals surface area contributed by atoms with Crippen LogP contribution in [-0.2, 0) is 22.7 Å². The maximum absolute atomic E-state index is 12.4. The highest BCUT2D eigenvalue weighted by atomic mass is 16.5. The van der Waals surface area contributed by atoms with Gasteiger partial charge in [-0.1, -0.05) is 42.0 Å². The summed E-state index contributed by atoms with van der Waals surface area (Å²) in [6.45, 7) is 9.40. The molecular formula is C23H31N3O3. The van der Waals surface area contributed by atoms with Gasteiger partial charge in [0.2, 0.25) is 11.8 Å². The molecule has 0 aromatic heterocycles. The first-order valence-electron chi connectivity index (χ1n) is 9.87. The lowest BCUT2D eigenvalue weighted by Crippen LogP contribution is -2.41. The lowest BCUT2D eigenvalue weighted by atomic mass is 10.0. The van der Waals surface area contributed by atoms with E-state index >= 15 is 0 Å². The fourth-order valence-electron chi connectivity index (χ4n) is 3.27. The van der Waals surface area contributed by atoms with Crippen LogP contribution in [0.1, 0.15) is 34.7 Å². The summed E-state index contributed by atoms with van der Waals surface area (Å²) in [5, 5.41) is 2.53. The predicted molar refractivity (Wildman–Crippen MR) is 115 cm³/mol. The highest BCUT2D eigenvalue weighted by Gasteiger charge is 2.15. The second-order valence-corrected chi connectivity index (χ2v) is 7.23. The van der Waals surface area contributed by atoms with Gasteiger partial charge >= 0.3 is 0 Å². The van der Waals surface area contributed by atoms with Crippen LogP contribution in [0, 0.1) is 20.8 Å². The van der Waals surface area contributed by atoms with Crippen molar-refractivity contribution >= 4 is 11.8 Å². The van der Waals surface area contributed by atoms with Gasteiger partial charge in [-0.15, -0.1) is 0 Å². The van der Waals surface area contributed by atoms with E-state index in [1.54, 1.807) is 4.90 Å². The summed E-state index contributed by atoms with van der Waals surface area (Å²) in [4.78, 5) is 25.3. The SMILES string of the molecule is CCN(Cc1cc(C)c(OCc2cccc(C)c2)c(C)c1)C(=O)CNC(=O)CN. The highest BCUT2D eigenvalue weighted by Crippen LogP contribution is 2.26. The molecule has 2 aromatic carbocycles. The first-order chi connectivity index (χ1) is 13.8. The van der Waals surface area contributed by atoms with Gasteiger partial charge in [0.25, 0.3) is 0 Å².